The molecule has 1 aromatic rings. The number of rotatable bonds is 5. The summed E-state index contributed by atoms with van der Waals surface area (Å²) in [5.74, 6) is 0.0308. The highest BCUT2D eigenvalue weighted by molar-refractivity contribution is 5.73. The van der Waals surface area contributed by atoms with Gasteiger partial charge in [0.1, 0.15) is 6.61 Å². The number of likely N-dealkylation sites (N-methyl/N-ethyl adjacent to an activating group) is 2. The van der Waals surface area contributed by atoms with E-state index in [1.807, 2.05) is 38.4 Å². The van der Waals surface area contributed by atoms with Crippen LogP contribution in [0.1, 0.15) is 38.2 Å². The second-order valence-corrected chi connectivity index (χ2v) is 6.66. The summed E-state index contributed by atoms with van der Waals surface area (Å²) in [7, 11) is 5.44. The molecule has 25 heavy (non-hydrogen) atoms. The first kappa shape index (κ1) is 19.1. The second-order valence-electron chi connectivity index (χ2n) is 6.66. The average molecular weight is 347 g/mol. The molecule has 1 aromatic carbocycles. The Hall–Kier alpha value is -2.24. The van der Waals surface area contributed by atoms with Crippen molar-refractivity contribution >= 4 is 17.7 Å². The molecule has 0 bridgehead atoms. The lowest BCUT2D eigenvalue weighted by Crippen LogP contribution is -2.53. The number of nitrogens with one attached hydrogen (secondary N) is 1. The molecule has 6 heteroatoms. The van der Waals surface area contributed by atoms with Crippen molar-refractivity contribution in [1.82, 2.24) is 9.80 Å². The number of hydrogen-bond acceptors (Lipinski definition) is 4. The zero-order chi connectivity index (χ0) is 18.4. The molecular formula is C19H29N3O3. The van der Waals surface area contributed by atoms with Gasteiger partial charge in [-0.05, 0) is 30.5 Å². The fourth-order valence-corrected chi connectivity index (χ4v) is 3.38. The van der Waals surface area contributed by atoms with Crippen LogP contribution >= 0.6 is 0 Å². The van der Waals surface area contributed by atoms with Crippen molar-refractivity contribution in [2.45, 2.75) is 51.3 Å². The highest BCUT2D eigenvalue weighted by atomic mass is 16.6. The van der Waals surface area contributed by atoms with Gasteiger partial charge in [0.05, 0.1) is 12.1 Å². The van der Waals surface area contributed by atoms with Crippen molar-refractivity contribution < 1.29 is 14.3 Å². The molecule has 2 atom stereocenters. The average Bonchev–Trinajstić information content (AvgIpc) is 2.65. The maximum Gasteiger partial charge on any atom is 0.410 e. The lowest BCUT2D eigenvalue weighted by molar-refractivity contribution is -0.131. The fraction of sp³-hybridized carbons (Fsp3) is 0.579. The number of amides is 2. The molecule has 1 aliphatic rings. The van der Waals surface area contributed by atoms with Gasteiger partial charge in [-0.15, -0.1) is 0 Å². The topological polar surface area (TPSA) is 61.9 Å². The number of carbonyl (C=O) groups is 2. The zero-order valence-electron chi connectivity index (χ0n) is 15.6. The summed E-state index contributed by atoms with van der Waals surface area (Å²) >= 11 is 0. The fourth-order valence-electron chi connectivity index (χ4n) is 3.38. The van der Waals surface area contributed by atoms with E-state index in [4.69, 9.17) is 4.74 Å². The molecule has 0 saturated heterocycles. The molecule has 1 saturated carbocycles. The summed E-state index contributed by atoms with van der Waals surface area (Å²) in [6.07, 6.45) is 3.62. The molecule has 2 rings (SSSR count). The van der Waals surface area contributed by atoms with Gasteiger partial charge in [0.2, 0.25) is 5.91 Å². The maximum absolute atomic E-state index is 12.5. The summed E-state index contributed by atoms with van der Waals surface area (Å²) in [5, 5.41) is 3.06. The van der Waals surface area contributed by atoms with Crippen LogP contribution in [-0.2, 0) is 16.1 Å². The van der Waals surface area contributed by atoms with Crippen molar-refractivity contribution in [3.05, 3.63) is 29.8 Å². The summed E-state index contributed by atoms with van der Waals surface area (Å²) in [6, 6.07) is 7.83. The van der Waals surface area contributed by atoms with Gasteiger partial charge in [-0.3, -0.25) is 4.79 Å². The Kier molecular flexibility index (Phi) is 6.67. The quantitative estimate of drug-likeness (QED) is 0.889. The Labute approximate surface area is 150 Å². The van der Waals surface area contributed by atoms with Gasteiger partial charge in [-0.25, -0.2) is 4.79 Å². The second kappa shape index (κ2) is 8.74. The van der Waals surface area contributed by atoms with Crippen LogP contribution in [0.3, 0.4) is 0 Å². The summed E-state index contributed by atoms with van der Waals surface area (Å²) in [5.41, 5.74) is 1.96. The number of ether oxygens (including phenoxy) is 1. The molecule has 2 amide bonds. The minimum atomic E-state index is -0.341. The van der Waals surface area contributed by atoms with Gasteiger partial charge in [0, 0.05) is 33.8 Å². The Morgan fingerprint density at radius 3 is 2.16 bits per heavy atom. The van der Waals surface area contributed by atoms with Crippen molar-refractivity contribution in [1.29, 1.82) is 0 Å². The standard InChI is InChI=1S/C19H29N3O3/c1-14(23)21(3)17-7-5-6-8-18(17)22(4)19(24)25-13-15-9-11-16(20-2)12-10-15/h9-12,17-18,20H,5-8,13H2,1-4H3. The van der Waals surface area contributed by atoms with Crippen LogP contribution < -0.4 is 5.32 Å². The van der Waals surface area contributed by atoms with E-state index in [1.165, 1.54) is 0 Å². The summed E-state index contributed by atoms with van der Waals surface area (Å²) in [6.45, 7) is 1.81. The predicted molar refractivity (Wildman–Crippen MR) is 98.4 cm³/mol. The van der Waals surface area contributed by atoms with Gasteiger partial charge in [0.25, 0.3) is 0 Å². The predicted octanol–water partition coefficient (Wildman–Crippen LogP) is 3.09. The number of hydrogen-bond donors (Lipinski definition) is 1. The highest BCUT2D eigenvalue weighted by Gasteiger charge is 2.34. The molecule has 0 heterocycles. The molecule has 0 aliphatic heterocycles. The Morgan fingerprint density at radius 1 is 1.08 bits per heavy atom. The number of anilines is 1. The summed E-state index contributed by atoms with van der Waals surface area (Å²) in [4.78, 5) is 27.6. The van der Waals surface area contributed by atoms with Gasteiger partial charge in [-0.1, -0.05) is 25.0 Å². The minimum Gasteiger partial charge on any atom is -0.445 e. The monoisotopic (exact) mass is 347 g/mol. The molecular weight excluding hydrogens is 318 g/mol. The van der Waals surface area contributed by atoms with Crippen LogP contribution in [0.2, 0.25) is 0 Å². The third-order valence-corrected chi connectivity index (χ3v) is 5.08. The van der Waals surface area contributed by atoms with E-state index in [2.05, 4.69) is 5.32 Å². The third-order valence-electron chi connectivity index (χ3n) is 5.08. The Bertz CT molecular complexity index is 588. The molecule has 2 unspecified atom stereocenters. The van der Waals surface area contributed by atoms with E-state index in [0.717, 1.165) is 36.9 Å². The molecule has 0 radical (unpaired) electrons. The third kappa shape index (κ3) is 4.87. The van der Waals surface area contributed by atoms with Crippen LogP contribution in [0.25, 0.3) is 0 Å². The van der Waals surface area contributed by atoms with E-state index >= 15 is 0 Å². The minimum absolute atomic E-state index is 0.00168. The molecule has 6 nitrogen and oxygen atoms in total. The van der Waals surface area contributed by atoms with E-state index in [-0.39, 0.29) is 30.7 Å². The number of nitrogens with zero attached hydrogens (tertiary/aromatic N) is 2. The van der Waals surface area contributed by atoms with Gasteiger partial charge < -0.3 is 19.9 Å². The molecule has 0 spiro atoms. The van der Waals surface area contributed by atoms with E-state index in [9.17, 15) is 9.59 Å². The largest absolute Gasteiger partial charge is 0.445 e. The molecule has 138 valence electrons. The molecule has 1 aliphatic carbocycles. The first-order chi connectivity index (χ1) is 11.9. The highest BCUT2D eigenvalue weighted by Crippen LogP contribution is 2.26. The van der Waals surface area contributed by atoms with E-state index in [1.54, 1.807) is 23.8 Å². The Morgan fingerprint density at radius 2 is 1.64 bits per heavy atom. The Balaban J connectivity index is 1.95. The van der Waals surface area contributed by atoms with Crippen molar-refractivity contribution in [2.75, 3.05) is 26.5 Å². The van der Waals surface area contributed by atoms with Gasteiger partial charge in [-0.2, -0.15) is 0 Å². The first-order valence-corrected chi connectivity index (χ1v) is 8.83. The van der Waals surface area contributed by atoms with Crippen LogP contribution in [0.15, 0.2) is 24.3 Å². The normalized spacial score (nSPS) is 19.8. The first-order valence-electron chi connectivity index (χ1n) is 8.83. The number of carbonyl (C=O) groups excluding carboxylic acids is 2. The van der Waals surface area contributed by atoms with Crippen LogP contribution in [-0.4, -0.2) is 55.0 Å². The van der Waals surface area contributed by atoms with Crippen LogP contribution in [0.5, 0.6) is 0 Å². The lowest BCUT2D eigenvalue weighted by atomic mass is 9.88. The van der Waals surface area contributed by atoms with E-state index < -0.39 is 0 Å². The molecule has 1 N–H and O–H groups in total. The zero-order valence-corrected chi connectivity index (χ0v) is 15.6. The molecule has 0 aromatic heterocycles. The van der Waals surface area contributed by atoms with Crippen LogP contribution in [0.4, 0.5) is 10.5 Å². The van der Waals surface area contributed by atoms with Crippen molar-refractivity contribution in [2.24, 2.45) is 0 Å². The SMILES string of the molecule is CNc1ccc(COC(=O)N(C)C2CCCCC2N(C)C(C)=O)cc1. The van der Waals surface area contributed by atoms with Crippen LogP contribution in [0, 0.1) is 0 Å². The van der Waals surface area contributed by atoms with Crippen molar-refractivity contribution in [3.63, 3.8) is 0 Å². The lowest BCUT2D eigenvalue weighted by Gasteiger charge is -2.41. The van der Waals surface area contributed by atoms with Gasteiger partial charge >= 0.3 is 6.09 Å². The summed E-state index contributed by atoms with van der Waals surface area (Å²) < 4.78 is 5.47. The van der Waals surface area contributed by atoms with Gasteiger partial charge in [0.15, 0.2) is 0 Å². The smallest absolute Gasteiger partial charge is 0.410 e. The number of benzene rings is 1. The van der Waals surface area contributed by atoms with Crippen molar-refractivity contribution in [3.8, 4) is 0 Å². The maximum atomic E-state index is 12.5. The molecule has 1 fully saturated rings. The van der Waals surface area contributed by atoms with E-state index in [0.29, 0.717) is 0 Å².